The van der Waals surface area contributed by atoms with Crippen LogP contribution in [-0.2, 0) is 14.8 Å². The third-order valence-electron chi connectivity index (χ3n) is 7.25. The average Bonchev–Trinajstić information content (AvgIpc) is 3.71. The monoisotopic (exact) mass is 670 g/mol. The number of amides is 1. The molecule has 1 saturated carbocycles. The Kier molecular flexibility index (Phi) is 11.4. The van der Waals surface area contributed by atoms with Crippen LogP contribution in [0, 0.1) is 11.7 Å². The number of nitrogens with one attached hydrogen (secondary N) is 1. The molecule has 2 N–H and O–H groups in total. The molecule has 4 rings (SSSR count). The van der Waals surface area contributed by atoms with Crippen molar-refractivity contribution in [1.82, 2.24) is 9.62 Å². The molecule has 43 heavy (non-hydrogen) atoms. The van der Waals surface area contributed by atoms with Crippen LogP contribution in [0.3, 0.4) is 0 Å². The number of benzene rings is 2. The van der Waals surface area contributed by atoms with Crippen LogP contribution in [0.5, 0.6) is 5.75 Å². The van der Waals surface area contributed by atoms with Crippen molar-refractivity contribution in [2.45, 2.75) is 63.7 Å². The van der Waals surface area contributed by atoms with Crippen LogP contribution < -0.4 is 9.46 Å². The summed E-state index contributed by atoms with van der Waals surface area (Å²) in [6.07, 6.45) is -0.400. The number of rotatable bonds is 8. The van der Waals surface area contributed by atoms with Crippen molar-refractivity contribution in [2.24, 2.45) is 5.92 Å². The van der Waals surface area contributed by atoms with E-state index in [4.69, 9.17) is 37.8 Å². The van der Waals surface area contributed by atoms with E-state index in [2.05, 4.69) is 18.7 Å². The number of alkyl halides is 3. The molecule has 15 heteroatoms. The number of aliphatic carboxylic acids is 1. The maximum atomic E-state index is 14.8. The second-order valence-electron chi connectivity index (χ2n) is 10.8. The number of likely N-dealkylation sites (tertiary alicyclic amines) is 1. The summed E-state index contributed by atoms with van der Waals surface area (Å²) >= 11 is 12.5. The van der Waals surface area contributed by atoms with Crippen LogP contribution >= 0.6 is 23.2 Å². The highest BCUT2D eigenvalue weighted by Crippen LogP contribution is 2.45. The number of carbonyl (C=O) groups excluding carboxylic acids is 1. The Morgan fingerprint density at radius 2 is 1.67 bits per heavy atom. The maximum absolute atomic E-state index is 14.8. The molecule has 1 aliphatic heterocycles. The minimum absolute atomic E-state index is 0.117. The lowest BCUT2D eigenvalue weighted by Gasteiger charge is -2.42. The van der Waals surface area contributed by atoms with E-state index in [1.54, 1.807) is 6.07 Å². The average molecular weight is 672 g/mol. The van der Waals surface area contributed by atoms with Gasteiger partial charge in [-0.2, -0.15) is 13.2 Å². The first-order chi connectivity index (χ1) is 19.9. The Labute approximate surface area is 257 Å². The van der Waals surface area contributed by atoms with Crippen molar-refractivity contribution >= 4 is 45.1 Å². The normalized spacial score (nSPS) is 20.0. The van der Waals surface area contributed by atoms with Gasteiger partial charge in [-0.1, -0.05) is 23.2 Å². The zero-order valence-corrected chi connectivity index (χ0v) is 25.9. The molecule has 1 amide bonds. The number of carboxylic acid groups (broad SMARTS) is 1. The molecule has 0 spiro atoms. The van der Waals surface area contributed by atoms with Gasteiger partial charge in [0.2, 0.25) is 10.0 Å². The van der Waals surface area contributed by atoms with Crippen LogP contribution in [0.2, 0.25) is 10.0 Å². The van der Waals surface area contributed by atoms with Gasteiger partial charge in [-0.3, -0.25) is 9.69 Å². The van der Waals surface area contributed by atoms with Gasteiger partial charge in [-0.05, 0) is 80.8 Å². The summed E-state index contributed by atoms with van der Waals surface area (Å²) in [6, 6.07) is 8.75. The summed E-state index contributed by atoms with van der Waals surface area (Å²) in [5.74, 6) is -3.70. The maximum Gasteiger partial charge on any atom is 0.490 e. The Bertz CT molecular complexity index is 1430. The first-order valence-electron chi connectivity index (χ1n) is 13.4. The van der Waals surface area contributed by atoms with Gasteiger partial charge < -0.3 is 9.84 Å². The summed E-state index contributed by atoms with van der Waals surface area (Å²) in [5, 5.41) is 8.34. The lowest BCUT2D eigenvalue weighted by Crippen LogP contribution is -2.44. The lowest BCUT2D eigenvalue weighted by molar-refractivity contribution is -0.192. The first-order valence-corrected chi connectivity index (χ1v) is 16.0. The molecule has 1 saturated heterocycles. The van der Waals surface area contributed by atoms with Crippen LogP contribution in [0.15, 0.2) is 30.3 Å². The molecule has 3 atom stereocenters. The molecule has 1 aliphatic carbocycles. The van der Waals surface area contributed by atoms with Gasteiger partial charge in [0.15, 0.2) is 0 Å². The SMILES string of the molecule is C[C@@H]1CC[C@@H](COc2cc(F)c(C(=O)NS(C)(=O)=O)cc2C2CC2)CN1[C@@H](C)c1cc(Cl)cc(Cl)c1.O=C(O)C(F)(F)F. The predicted octanol–water partition coefficient (Wildman–Crippen LogP) is 6.57. The van der Waals surface area contributed by atoms with Crippen LogP contribution in [0.1, 0.15) is 73.0 Å². The largest absolute Gasteiger partial charge is 0.493 e. The van der Waals surface area contributed by atoms with Gasteiger partial charge in [0.1, 0.15) is 11.6 Å². The summed E-state index contributed by atoms with van der Waals surface area (Å²) in [6.45, 7) is 5.58. The molecule has 8 nitrogen and oxygen atoms in total. The summed E-state index contributed by atoms with van der Waals surface area (Å²) in [5.41, 5.74) is 1.52. The van der Waals surface area contributed by atoms with Crippen LogP contribution in [0.4, 0.5) is 17.6 Å². The number of hydrogen-bond donors (Lipinski definition) is 2. The fourth-order valence-corrected chi connectivity index (χ4v) is 5.90. The van der Waals surface area contributed by atoms with Gasteiger partial charge >= 0.3 is 12.1 Å². The topological polar surface area (TPSA) is 113 Å². The molecule has 2 aliphatic rings. The number of sulfonamides is 1. The van der Waals surface area contributed by atoms with Crippen molar-refractivity contribution in [2.75, 3.05) is 19.4 Å². The van der Waals surface area contributed by atoms with Crippen molar-refractivity contribution < 1.29 is 45.4 Å². The van der Waals surface area contributed by atoms with E-state index in [1.165, 1.54) is 12.1 Å². The van der Waals surface area contributed by atoms with E-state index in [-0.39, 0.29) is 23.4 Å². The number of nitrogens with zero attached hydrogens (tertiary/aromatic N) is 1. The smallest absolute Gasteiger partial charge is 0.490 e. The molecule has 0 bridgehead atoms. The fourth-order valence-electron chi connectivity index (χ4n) is 4.91. The second kappa shape index (κ2) is 14.0. The Morgan fingerprint density at radius 3 is 2.19 bits per heavy atom. The molecule has 1 heterocycles. The Balaban J connectivity index is 0.000000646. The van der Waals surface area contributed by atoms with Crippen molar-refractivity contribution in [3.63, 3.8) is 0 Å². The third-order valence-corrected chi connectivity index (χ3v) is 8.24. The minimum Gasteiger partial charge on any atom is -0.493 e. The van der Waals surface area contributed by atoms with Gasteiger partial charge in [0.05, 0.1) is 18.4 Å². The van der Waals surface area contributed by atoms with Crippen LogP contribution in [0.25, 0.3) is 0 Å². The summed E-state index contributed by atoms with van der Waals surface area (Å²) < 4.78 is 77.4. The van der Waals surface area contributed by atoms with Gasteiger partial charge in [-0.25, -0.2) is 22.3 Å². The van der Waals surface area contributed by atoms with E-state index in [1.807, 2.05) is 16.9 Å². The predicted molar refractivity (Wildman–Crippen MR) is 154 cm³/mol. The van der Waals surface area contributed by atoms with Crippen molar-refractivity contribution in [1.29, 1.82) is 0 Å². The molecule has 2 aromatic rings. The number of ether oxygens (including phenoxy) is 1. The highest BCUT2D eigenvalue weighted by Gasteiger charge is 2.38. The van der Waals surface area contributed by atoms with Gasteiger partial charge in [0, 0.05) is 40.7 Å². The molecular weight excluding hydrogens is 639 g/mol. The Morgan fingerprint density at radius 1 is 1.09 bits per heavy atom. The summed E-state index contributed by atoms with van der Waals surface area (Å²) in [7, 11) is -3.80. The number of carboxylic acids is 1. The Hall–Kier alpha value is -2.61. The summed E-state index contributed by atoms with van der Waals surface area (Å²) in [4.78, 5) is 23.6. The molecule has 0 aromatic heterocycles. The highest BCUT2D eigenvalue weighted by molar-refractivity contribution is 7.89. The van der Waals surface area contributed by atoms with Crippen molar-refractivity contribution in [3.05, 3.63) is 62.9 Å². The van der Waals surface area contributed by atoms with E-state index in [0.717, 1.165) is 49.6 Å². The molecular formula is C28H32Cl2F4N2O6S. The molecule has 0 radical (unpaired) electrons. The zero-order chi connectivity index (χ0) is 32.3. The standard InChI is InChI=1S/C26H31Cl2FN2O4S.C2HF3O2/c1-15-4-5-17(13-31(15)16(2)19-8-20(27)10-21(28)9-19)14-35-25-12-24(29)23(11-22(25)18-6-7-18)26(32)30-36(3,33)34;3-2(4,5)1(6)7/h8-12,15-18H,4-7,13-14H2,1-3H3,(H,30,32);(H,6,7)/t15-,16+,17-;/m1./s1. The van der Waals surface area contributed by atoms with E-state index < -0.39 is 33.9 Å². The number of carbonyl (C=O) groups is 2. The van der Waals surface area contributed by atoms with E-state index >= 15 is 0 Å². The number of halogens is 6. The fraction of sp³-hybridized carbons (Fsp3) is 0.500. The lowest BCUT2D eigenvalue weighted by atomic mass is 9.91. The molecule has 238 valence electrons. The highest BCUT2D eigenvalue weighted by atomic mass is 35.5. The van der Waals surface area contributed by atoms with Crippen molar-refractivity contribution in [3.8, 4) is 5.75 Å². The first kappa shape index (κ1) is 34.9. The van der Waals surface area contributed by atoms with E-state index in [0.29, 0.717) is 28.4 Å². The van der Waals surface area contributed by atoms with E-state index in [9.17, 15) is 30.8 Å². The number of hydrogen-bond acceptors (Lipinski definition) is 6. The quantitative estimate of drug-likeness (QED) is 0.305. The van der Waals surface area contributed by atoms with Crippen LogP contribution in [-0.4, -0.2) is 61.9 Å². The molecule has 0 unspecified atom stereocenters. The second-order valence-corrected chi connectivity index (χ2v) is 13.5. The number of piperidine rings is 1. The minimum atomic E-state index is -5.08. The molecule has 2 aromatic carbocycles. The zero-order valence-electron chi connectivity index (χ0n) is 23.6. The van der Waals surface area contributed by atoms with Gasteiger partial charge in [0.25, 0.3) is 5.91 Å². The third kappa shape index (κ3) is 10.2. The van der Waals surface area contributed by atoms with Gasteiger partial charge in [-0.15, -0.1) is 0 Å². The molecule has 2 fully saturated rings.